The maximum Gasteiger partial charge on any atom is 0.240 e. The molecular weight excluding hydrogens is 304 g/mol. The molecule has 4 nitrogen and oxygen atoms in total. The topological polar surface area (TPSA) is 72.2 Å². The SMILES string of the molecule is CSC1(CNS(=O)(=O)c2cccc(CN)c2C)CCCC1. The first-order chi connectivity index (χ1) is 9.94. The van der Waals surface area contributed by atoms with Crippen LogP contribution in [0.1, 0.15) is 36.8 Å². The lowest BCUT2D eigenvalue weighted by Gasteiger charge is -2.27. The molecule has 0 aliphatic heterocycles. The number of sulfonamides is 1. The highest BCUT2D eigenvalue weighted by Crippen LogP contribution is 2.39. The third-order valence-corrected chi connectivity index (χ3v) is 7.40. The molecule has 0 spiro atoms. The van der Waals surface area contributed by atoms with Crippen molar-refractivity contribution in [3.8, 4) is 0 Å². The van der Waals surface area contributed by atoms with E-state index in [4.69, 9.17) is 5.73 Å². The maximum atomic E-state index is 12.6. The van der Waals surface area contributed by atoms with E-state index < -0.39 is 10.0 Å². The molecule has 6 heteroatoms. The summed E-state index contributed by atoms with van der Waals surface area (Å²) in [6.07, 6.45) is 6.60. The van der Waals surface area contributed by atoms with Gasteiger partial charge in [-0.2, -0.15) is 11.8 Å². The van der Waals surface area contributed by atoms with Gasteiger partial charge in [0.15, 0.2) is 0 Å². The fourth-order valence-corrected chi connectivity index (χ4v) is 5.37. The van der Waals surface area contributed by atoms with E-state index in [1.165, 1.54) is 12.8 Å². The van der Waals surface area contributed by atoms with Gasteiger partial charge in [-0.05, 0) is 43.2 Å². The smallest absolute Gasteiger partial charge is 0.240 e. The number of rotatable bonds is 6. The van der Waals surface area contributed by atoms with Gasteiger partial charge in [-0.3, -0.25) is 0 Å². The van der Waals surface area contributed by atoms with E-state index in [0.29, 0.717) is 18.0 Å². The van der Waals surface area contributed by atoms with E-state index in [1.807, 2.05) is 13.0 Å². The minimum atomic E-state index is -3.48. The summed E-state index contributed by atoms with van der Waals surface area (Å²) in [6.45, 7) is 2.67. The number of nitrogens with two attached hydrogens (primary N) is 1. The maximum absolute atomic E-state index is 12.6. The van der Waals surface area contributed by atoms with E-state index in [-0.39, 0.29) is 4.75 Å². The lowest BCUT2D eigenvalue weighted by atomic mass is 10.1. The first-order valence-corrected chi connectivity index (χ1v) is 9.98. The second-order valence-corrected chi connectivity index (χ2v) is 8.67. The molecular formula is C15H24N2O2S2. The molecule has 118 valence electrons. The van der Waals surface area contributed by atoms with Gasteiger partial charge < -0.3 is 5.73 Å². The highest BCUT2D eigenvalue weighted by molar-refractivity contribution is 8.00. The van der Waals surface area contributed by atoms with E-state index in [0.717, 1.165) is 24.0 Å². The Morgan fingerprint density at radius 1 is 1.33 bits per heavy atom. The van der Waals surface area contributed by atoms with Crippen LogP contribution in [-0.2, 0) is 16.6 Å². The summed E-state index contributed by atoms with van der Waals surface area (Å²) in [4.78, 5) is 0.347. The molecule has 1 aromatic carbocycles. The zero-order valence-electron chi connectivity index (χ0n) is 12.7. The molecule has 3 N–H and O–H groups in total. The quantitative estimate of drug-likeness (QED) is 0.841. The van der Waals surface area contributed by atoms with E-state index in [9.17, 15) is 8.42 Å². The number of hydrogen-bond acceptors (Lipinski definition) is 4. The van der Waals surface area contributed by atoms with Crippen LogP contribution in [-0.4, -0.2) is 26.0 Å². The molecule has 0 aromatic heterocycles. The second kappa shape index (κ2) is 6.69. The predicted octanol–water partition coefficient (Wildman–Crippen LogP) is 2.41. The van der Waals surface area contributed by atoms with Gasteiger partial charge in [0, 0.05) is 17.8 Å². The molecule has 0 saturated heterocycles. The molecule has 0 heterocycles. The number of benzene rings is 1. The average molecular weight is 329 g/mol. The van der Waals surface area contributed by atoms with Gasteiger partial charge in [0.2, 0.25) is 10.0 Å². The normalized spacial score (nSPS) is 18.0. The van der Waals surface area contributed by atoms with Gasteiger partial charge in [0.05, 0.1) is 4.90 Å². The summed E-state index contributed by atoms with van der Waals surface area (Å²) in [5.41, 5.74) is 7.28. The Labute approximate surface area is 131 Å². The monoisotopic (exact) mass is 328 g/mol. The van der Waals surface area contributed by atoms with E-state index in [1.54, 1.807) is 23.9 Å². The Bertz CT molecular complexity index is 594. The summed E-state index contributed by atoms with van der Waals surface area (Å²) in [5.74, 6) is 0. The van der Waals surface area contributed by atoms with Crippen molar-refractivity contribution in [3.63, 3.8) is 0 Å². The predicted molar refractivity (Wildman–Crippen MR) is 89.0 cm³/mol. The number of hydrogen-bond donors (Lipinski definition) is 2. The van der Waals surface area contributed by atoms with Crippen molar-refractivity contribution in [1.29, 1.82) is 0 Å². The Morgan fingerprint density at radius 2 is 2.00 bits per heavy atom. The van der Waals surface area contributed by atoms with Crippen LogP contribution in [0.25, 0.3) is 0 Å². The summed E-state index contributed by atoms with van der Waals surface area (Å²) < 4.78 is 28.0. The molecule has 0 bridgehead atoms. The van der Waals surface area contributed by atoms with Gasteiger partial charge >= 0.3 is 0 Å². The van der Waals surface area contributed by atoms with Crippen molar-refractivity contribution in [3.05, 3.63) is 29.3 Å². The molecule has 0 amide bonds. The molecule has 0 radical (unpaired) electrons. The van der Waals surface area contributed by atoms with Crippen LogP contribution >= 0.6 is 11.8 Å². The Morgan fingerprint density at radius 3 is 2.57 bits per heavy atom. The summed E-state index contributed by atoms with van der Waals surface area (Å²) in [7, 11) is -3.48. The third-order valence-electron chi connectivity index (χ3n) is 4.44. The number of nitrogens with one attached hydrogen (secondary N) is 1. The molecule has 21 heavy (non-hydrogen) atoms. The Kier molecular flexibility index (Phi) is 5.35. The molecule has 2 rings (SSSR count). The summed E-state index contributed by atoms with van der Waals surface area (Å²) in [6, 6.07) is 5.27. The van der Waals surface area contributed by atoms with Crippen LogP contribution in [0.5, 0.6) is 0 Å². The van der Waals surface area contributed by atoms with Crippen molar-refractivity contribution in [2.24, 2.45) is 5.73 Å². The van der Waals surface area contributed by atoms with Crippen LogP contribution < -0.4 is 10.5 Å². The van der Waals surface area contributed by atoms with Crippen molar-refractivity contribution in [1.82, 2.24) is 4.72 Å². The van der Waals surface area contributed by atoms with E-state index >= 15 is 0 Å². The van der Waals surface area contributed by atoms with Crippen molar-refractivity contribution >= 4 is 21.8 Å². The number of thioether (sulfide) groups is 1. The highest BCUT2D eigenvalue weighted by Gasteiger charge is 2.34. The van der Waals surface area contributed by atoms with Crippen LogP contribution in [0.2, 0.25) is 0 Å². The summed E-state index contributed by atoms with van der Waals surface area (Å²) >= 11 is 1.78. The first kappa shape index (κ1) is 16.8. The molecule has 1 aliphatic carbocycles. The van der Waals surface area contributed by atoms with Gasteiger partial charge in [-0.1, -0.05) is 25.0 Å². The largest absolute Gasteiger partial charge is 0.326 e. The molecule has 1 aliphatic rings. The van der Waals surface area contributed by atoms with Crippen molar-refractivity contribution in [2.75, 3.05) is 12.8 Å². The molecule has 0 unspecified atom stereocenters. The highest BCUT2D eigenvalue weighted by atomic mass is 32.2. The first-order valence-electron chi connectivity index (χ1n) is 7.27. The average Bonchev–Trinajstić information content (AvgIpc) is 2.95. The van der Waals surface area contributed by atoms with Crippen LogP contribution in [0.15, 0.2) is 23.1 Å². The minimum absolute atomic E-state index is 0.0620. The summed E-state index contributed by atoms with van der Waals surface area (Å²) in [5, 5.41) is 0. The molecule has 0 atom stereocenters. The van der Waals surface area contributed by atoms with Crippen molar-refractivity contribution < 1.29 is 8.42 Å². The minimum Gasteiger partial charge on any atom is -0.326 e. The van der Waals surface area contributed by atoms with Crippen LogP contribution in [0, 0.1) is 6.92 Å². The lowest BCUT2D eigenvalue weighted by Crippen LogP contribution is -2.38. The molecule has 1 fully saturated rings. The van der Waals surface area contributed by atoms with Gasteiger partial charge in [0.25, 0.3) is 0 Å². The molecule has 1 aromatic rings. The zero-order chi connectivity index (χ0) is 15.5. The molecule has 1 saturated carbocycles. The second-order valence-electron chi connectivity index (χ2n) is 5.66. The lowest BCUT2D eigenvalue weighted by molar-refractivity contribution is 0.550. The van der Waals surface area contributed by atoms with Crippen LogP contribution in [0.3, 0.4) is 0 Å². The van der Waals surface area contributed by atoms with Gasteiger partial charge in [0.1, 0.15) is 0 Å². The Balaban J connectivity index is 2.19. The fourth-order valence-electron chi connectivity index (χ4n) is 2.95. The Hall–Kier alpha value is -0.560. The standard InChI is InChI=1S/C15H24N2O2S2/c1-12-13(10-16)6-5-7-14(12)21(18,19)17-11-15(20-2)8-3-4-9-15/h5-7,17H,3-4,8-11,16H2,1-2H3. The van der Waals surface area contributed by atoms with Crippen LogP contribution in [0.4, 0.5) is 0 Å². The van der Waals surface area contributed by atoms with E-state index in [2.05, 4.69) is 11.0 Å². The van der Waals surface area contributed by atoms with Crippen molar-refractivity contribution in [2.45, 2.75) is 48.8 Å². The zero-order valence-corrected chi connectivity index (χ0v) is 14.3. The van der Waals surface area contributed by atoms with Gasteiger partial charge in [-0.25, -0.2) is 13.1 Å². The van der Waals surface area contributed by atoms with Gasteiger partial charge in [-0.15, -0.1) is 0 Å². The third kappa shape index (κ3) is 3.62. The fraction of sp³-hybridized carbons (Fsp3) is 0.600.